The molecule has 0 fully saturated rings. The zero-order valence-corrected chi connectivity index (χ0v) is 24.8. The first-order chi connectivity index (χ1) is 22.8. The van der Waals surface area contributed by atoms with Crippen molar-refractivity contribution in [1.29, 1.82) is 0 Å². The molecule has 0 N–H and O–H groups in total. The van der Waals surface area contributed by atoms with Crippen LogP contribution in [0.25, 0.3) is 88.2 Å². The van der Waals surface area contributed by atoms with E-state index in [-0.39, 0.29) is 0 Å². The second-order valence-electron chi connectivity index (χ2n) is 11.8. The molecule has 4 nitrogen and oxygen atoms in total. The van der Waals surface area contributed by atoms with E-state index in [0.717, 1.165) is 38.9 Å². The van der Waals surface area contributed by atoms with Gasteiger partial charge in [0.15, 0.2) is 0 Å². The van der Waals surface area contributed by atoms with Gasteiger partial charge in [0.2, 0.25) is 5.95 Å². The molecular weight excluding hydrogens is 560 g/mol. The molecule has 0 bridgehead atoms. The van der Waals surface area contributed by atoms with Crippen molar-refractivity contribution in [2.45, 2.75) is 0 Å². The second-order valence-corrected chi connectivity index (χ2v) is 11.8. The van der Waals surface area contributed by atoms with Crippen LogP contribution in [0.2, 0.25) is 0 Å². The van der Waals surface area contributed by atoms with E-state index in [1.54, 1.807) is 0 Å². The third-order valence-corrected chi connectivity index (χ3v) is 9.30. The van der Waals surface area contributed by atoms with Crippen LogP contribution in [0.4, 0.5) is 0 Å². The summed E-state index contributed by atoms with van der Waals surface area (Å²) >= 11 is 0. The zero-order valence-electron chi connectivity index (χ0n) is 24.8. The van der Waals surface area contributed by atoms with Crippen LogP contribution in [0.5, 0.6) is 0 Å². The molecule has 214 valence electrons. The van der Waals surface area contributed by atoms with Crippen LogP contribution < -0.4 is 0 Å². The lowest BCUT2D eigenvalue weighted by atomic mass is 10.0. The van der Waals surface area contributed by atoms with E-state index in [4.69, 9.17) is 9.97 Å². The van der Waals surface area contributed by atoms with E-state index < -0.39 is 0 Å². The van der Waals surface area contributed by atoms with Crippen molar-refractivity contribution < 1.29 is 0 Å². The molecule has 0 amide bonds. The summed E-state index contributed by atoms with van der Waals surface area (Å²) in [6, 6.07) is 55.9. The minimum Gasteiger partial charge on any atom is -0.309 e. The van der Waals surface area contributed by atoms with E-state index in [0.29, 0.717) is 5.95 Å². The van der Waals surface area contributed by atoms with Crippen LogP contribution in [-0.2, 0) is 0 Å². The van der Waals surface area contributed by atoms with E-state index in [2.05, 4.69) is 155 Å². The fourth-order valence-corrected chi connectivity index (χ4v) is 7.29. The standard InChI is InChI=1S/C42H26N4/c1-3-13-27(14-4-1)40-33-19-7-10-20-36(33)43-42(44-40)46-38-22-12-9-18-31(38)35-26-34-28(25-39(35)46)23-24-32-30-17-8-11-21-37(30)45(41(32)34)29-15-5-2-6-16-29/h1-26H. The molecule has 10 rings (SSSR count). The van der Waals surface area contributed by atoms with Crippen LogP contribution in [0.1, 0.15) is 0 Å². The van der Waals surface area contributed by atoms with Gasteiger partial charge in [0.05, 0.1) is 33.3 Å². The predicted molar refractivity (Wildman–Crippen MR) is 191 cm³/mol. The maximum atomic E-state index is 5.27. The summed E-state index contributed by atoms with van der Waals surface area (Å²) in [6.45, 7) is 0. The summed E-state index contributed by atoms with van der Waals surface area (Å²) < 4.78 is 4.65. The fourth-order valence-electron chi connectivity index (χ4n) is 7.29. The summed E-state index contributed by atoms with van der Waals surface area (Å²) in [7, 11) is 0. The van der Waals surface area contributed by atoms with E-state index in [1.807, 2.05) is 12.1 Å². The van der Waals surface area contributed by atoms with Crippen molar-refractivity contribution in [3.8, 4) is 22.9 Å². The minimum absolute atomic E-state index is 0.669. The van der Waals surface area contributed by atoms with E-state index in [9.17, 15) is 0 Å². The van der Waals surface area contributed by atoms with Crippen molar-refractivity contribution in [1.82, 2.24) is 19.1 Å². The lowest BCUT2D eigenvalue weighted by Crippen LogP contribution is -2.03. The quantitative estimate of drug-likeness (QED) is 0.206. The molecular formula is C42H26N4. The number of aromatic nitrogens is 4. The van der Waals surface area contributed by atoms with Crippen molar-refractivity contribution >= 4 is 65.3 Å². The third-order valence-electron chi connectivity index (χ3n) is 9.30. The molecule has 7 aromatic carbocycles. The van der Waals surface area contributed by atoms with Crippen LogP contribution in [0, 0.1) is 0 Å². The van der Waals surface area contributed by atoms with Crippen molar-refractivity contribution in [3.63, 3.8) is 0 Å². The van der Waals surface area contributed by atoms with Gasteiger partial charge in [-0.15, -0.1) is 0 Å². The number of rotatable bonds is 3. The maximum Gasteiger partial charge on any atom is 0.235 e. The van der Waals surface area contributed by atoms with Gasteiger partial charge in [-0.05, 0) is 47.9 Å². The topological polar surface area (TPSA) is 35.6 Å². The molecule has 3 aromatic heterocycles. The van der Waals surface area contributed by atoms with Crippen molar-refractivity contribution in [3.05, 3.63) is 158 Å². The highest BCUT2D eigenvalue weighted by atomic mass is 15.2. The lowest BCUT2D eigenvalue weighted by Gasteiger charge is -2.12. The second kappa shape index (κ2) is 9.62. The number of hydrogen-bond acceptors (Lipinski definition) is 2. The Kier molecular flexibility index (Phi) is 5.25. The number of hydrogen-bond donors (Lipinski definition) is 0. The average molecular weight is 587 g/mol. The van der Waals surface area contributed by atoms with Gasteiger partial charge in [0, 0.05) is 43.6 Å². The van der Waals surface area contributed by atoms with Crippen LogP contribution in [-0.4, -0.2) is 19.1 Å². The molecule has 10 aromatic rings. The van der Waals surface area contributed by atoms with Gasteiger partial charge in [-0.25, -0.2) is 9.97 Å². The highest BCUT2D eigenvalue weighted by Gasteiger charge is 2.20. The summed E-state index contributed by atoms with van der Waals surface area (Å²) in [5.41, 5.74) is 8.68. The normalized spacial score (nSPS) is 11.9. The van der Waals surface area contributed by atoms with E-state index >= 15 is 0 Å². The first-order valence-corrected chi connectivity index (χ1v) is 15.6. The Labute approximate surface area is 264 Å². The number of benzene rings is 7. The Morgan fingerprint density at radius 3 is 1.80 bits per heavy atom. The smallest absolute Gasteiger partial charge is 0.235 e. The van der Waals surface area contributed by atoms with Crippen LogP contribution >= 0.6 is 0 Å². The molecule has 0 aliphatic carbocycles. The van der Waals surface area contributed by atoms with Crippen molar-refractivity contribution in [2.75, 3.05) is 0 Å². The molecule has 0 unspecified atom stereocenters. The Hall–Kier alpha value is -6.26. The highest BCUT2D eigenvalue weighted by Crippen LogP contribution is 2.41. The Morgan fingerprint density at radius 1 is 0.391 bits per heavy atom. The molecule has 0 saturated heterocycles. The van der Waals surface area contributed by atoms with Gasteiger partial charge in [0.1, 0.15) is 0 Å². The van der Waals surface area contributed by atoms with Crippen LogP contribution in [0.3, 0.4) is 0 Å². The first-order valence-electron chi connectivity index (χ1n) is 15.6. The lowest BCUT2D eigenvalue weighted by molar-refractivity contribution is 1.01. The van der Waals surface area contributed by atoms with Crippen LogP contribution in [0.15, 0.2) is 158 Å². The Morgan fingerprint density at radius 2 is 1.02 bits per heavy atom. The molecule has 0 atom stereocenters. The molecule has 0 aliphatic rings. The number of para-hydroxylation sites is 4. The maximum absolute atomic E-state index is 5.27. The predicted octanol–water partition coefficient (Wildman–Crippen LogP) is 10.6. The molecule has 0 aliphatic heterocycles. The summed E-state index contributed by atoms with van der Waals surface area (Å²) in [5, 5.41) is 8.30. The first kappa shape index (κ1) is 25.1. The highest BCUT2D eigenvalue weighted by molar-refractivity contribution is 6.22. The molecule has 46 heavy (non-hydrogen) atoms. The van der Waals surface area contributed by atoms with E-state index in [1.165, 1.54) is 43.4 Å². The fraction of sp³-hybridized carbons (Fsp3) is 0. The van der Waals surface area contributed by atoms with Gasteiger partial charge in [-0.2, -0.15) is 0 Å². The molecule has 3 heterocycles. The Bertz CT molecular complexity index is 2790. The summed E-state index contributed by atoms with van der Waals surface area (Å²) in [6.07, 6.45) is 0. The number of nitrogens with zero attached hydrogens (tertiary/aromatic N) is 4. The van der Waals surface area contributed by atoms with Gasteiger partial charge in [0.25, 0.3) is 0 Å². The van der Waals surface area contributed by atoms with Crippen molar-refractivity contribution in [2.24, 2.45) is 0 Å². The molecule has 0 spiro atoms. The molecule has 0 saturated carbocycles. The minimum atomic E-state index is 0.669. The monoisotopic (exact) mass is 586 g/mol. The van der Waals surface area contributed by atoms with Gasteiger partial charge in [-0.1, -0.05) is 115 Å². The number of fused-ring (bicyclic) bond motifs is 9. The van der Waals surface area contributed by atoms with Gasteiger partial charge >= 0.3 is 0 Å². The van der Waals surface area contributed by atoms with Gasteiger partial charge < -0.3 is 4.57 Å². The van der Waals surface area contributed by atoms with Gasteiger partial charge in [-0.3, -0.25) is 4.57 Å². The molecule has 0 radical (unpaired) electrons. The SMILES string of the molecule is c1ccc(-c2nc(-n3c4ccccc4c4cc5c(ccc6c7ccccc7n(-c7ccccc7)c56)cc43)nc3ccccc23)cc1. The Balaban J connectivity index is 1.33. The molecule has 4 heteroatoms. The third kappa shape index (κ3) is 3.55. The average Bonchev–Trinajstić information content (AvgIpc) is 3.64. The summed E-state index contributed by atoms with van der Waals surface area (Å²) in [5.74, 6) is 0.669. The zero-order chi connectivity index (χ0) is 30.2. The largest absolute Gasteiger partial charge is 0.309 e. The summed E-state index contributed by atoms with van der Waals surface area (Å²) in [4.78, 5) is 10.4.